The van der Waals surface area contributed by atoms with Crippen LogP contribution in [0.2, 0.25) is 0 Å². The third-order valence-electron chi connectivity index (χ3n) is 3.66. The van der Waals surface area contributed by atoms with Crippen molar-refractivity contribution in [3.63, 3.8) is 0 Å². The van der Waals surface area contributed by atoms with Crippen molar-refractivity contribution < 1.29 is 4.79 Å². The minimum Gasteiger partial charge on any atom is -0.394 e. The molecule has 98 valence electrons. The monoisotopic (exact) mass is 256 g/mol. The number of benzene rings is 1. The van der Waals surface area contributed by atoms with E-state index >= 15 is 0 Å². The predicted octanol–water partition coefficient (Wildman–Crippen LogP) is 1.65. The van der Waals surface area contributed by atoms with Gasteiger partial charge in [0.25, 0.3) is 0 Å². The van der Waals surface area contributed by atoms with E-state index in [0.29, 0.717) is 11.5 Å². The summed E-state index contributed by atoms with van der Waals surface area (Å²) in [4.78, 5) is 12.2. The van der Waals surface area contributed by atoms with Gasteiger partial charge in [-0.25, -0.2) is 0 Å². The zero-order valence-electron chi connectivity index (χ0n) is 10.7. The van der Waals surface area contributed by atoms with E-state index in [4.69, 9.17) is 5.73 Å². The SMILES string of the molecule is Cc1[nH]nc(NC(=O)C2Cc3ccccc3C2)c1N. The quantitative estimate of drug-likeness (QED) is 0.764. The smallest absolute Gasteiger partial charge is 0.229 e. The highest BCUT2D eigenvalue weighted by Crippen LogP contribution is 2.28. The lowest BCUT2D eigenvalue weighted by atomic mass is 10.1. The second-order valence-corrected chi connectivity index (χ2v) is 4.97. The summed E-state index contributed by atoms with van der Waals surface area (Å²) in [5, 5.41) is 9.56. The van der Waals surface area contributed by atoms with Gasteiger partial charge in [0.05, 0.1) is 11.4 Å². The molecule has 0 atom stereocenters. The number of nitrogens with zero attached hydrogens (tertiary/aromatic N) is 1. The molecule has 1 aromatic carbocycles. The second kappa shape index (κ2) is 4.42. The van der Waals surface area contributed by atoms with Crippen LogP contribution in [-0.2, 0) is 17.6 Å². The van der Waals surface area contributed by atoms with Gasteiger partial charge in [-0.2, -0.15) is 5.10 Å². The van der Waals surface area contributed by atoms with E-state index < -0.39 is 0 Å². The van der Waals surface area contributed by atoms with Crippen LogP contribution in [0.3, 0.4) is 0 Å². The number of H-pyrrole nitrogens is 1. The minimum atomic E-state index is -0.0335. The van der Waals surface area contributed by atoms with Crippen LogP contribution in [-0.4, -0.2) is 16.1 Å². The maximum absolute atomic E-state index is 12.2. The summed E-state index contributed by atoms with van der Waals surface area (Å²) in [5.41, 5.74) is 9.61. The fourth-order valence-electron chi connectivity index (χ4n) is 2.50. The van der Waals surface area contributed by atoms with Gasteiger partial charge in [-0.3, -0.25) is 9.89 Å². The Morgan fingerprint density at radius 3 is 2.53 bits per heavy atom. The average molecular weight is 256 g/mol. The van der Waals surface area contributed by atoms with Crippen molar-refractivity contribution in [1.29, 1.82) is 0 Å². The summed E-state index contributed by atoms with van der Waals surface area (Å²) in [6.07, 6.45) is 1.57. The molecule has 0 radical (unpaired) electrons. The van der Waals surface area contributed by atoms with E-state index in [0.717, 1.165) is 18.5 Å². The number of fused-ring (bicyclic) bond motifs is 1. The third-order valence-corrected chi connectivity index (χ3v) is 3.66. The number of hydrogen-bond donors (Lipinski definition) is 3. The molecule has 2 aromatic rings. The number of aromatic amines is 1. The van der Waals surface area contributed by atoms with E-state index in [1.807, 2.05) is 19.1 Å². The average Bonchev–Trinajstić information content (AvgIpc) is 2.97. The molecule has 1 aliphatic carbocycles. The Balaban J connectivity index is 1.72. The molecule has 1 aromatic heterocycles. The molecule has 0 bridgehead atoms. The Kier molecular flexibility index (Phi) is 2.74. The number of hydrogen-bond acceptors (Lipinski definition) is 3. The number of anilines is 2. The van der Waals surface area contributed by atoms with Gasteiger partial charge in [0, 0.05) is 5.92 Å². The fraction of sp³-hybridized carbons (Fsp3) is 0.286. The van der Waals surface area contributed by atoms with E-state index in [2.05, 4.69) is 27.6 Å². The van der Waals surface area contributed by atoms with E-state index in [-0.39, 0.29) is 11.8 Å². The first-order valence-corrected chi connectivity index (χ1v) is 6.33. The molecule has 0 unspecified atom stereocenters. The van der Waals surface area contributed by atoms with Gasteiger partial charge in [-0.1, -0.05) is 24.3 Å². The molecule has 1 aliphatic rings. The Hall–Kier alpha value is -2.30. The van der Waals surface area contributed by atoms with Crippen molar-refractivity contribution in [2.24, 2.45) is 5.92 Å². The summed E-state index contributed by atoms with van der Waals surface area (Å²) in [5.74, 6) is 0.377. The summed E-state index contributed by atoms with van der Waals surface area (Å²) >= 11 is 0. The maximum atomic E-state index is 12.2. The van der Waals surface area contributed by atoms with Gasteiger partial charge >= 0.3 is 0 Å². The molecule has 0 spiro atoms. The molecule has 1 heterocycles. The Morgan fingerprint density at radius 1 is 1.37 bits per heavy atom. The first-order chi connectivity index (χ1) is 9.15. The predicted molar refractivity (Wildman–Crippen MR) is 73.7 cm³/mol. The van der Waals surface area contributed by atoms with Crippen LogP contribution in [0, 0.1) is 12.8 Å². The van der Waals surface area contributed by atoms with Gasteiger partial charge in [0.2, 0.25) is 5.91 Å². The summed E-state index contributed by atoms with van der Waals surface area (Å²) < 4.78 is 0. The second-order valence-electron chi connectivity index (χ2n) is 4.97. The van der Waals surface area contributed by atoms with Gasteiger partial charge < -0.3 is 11.1 Å². The molecule has 1 amide bonds. The zero-order valence-corrected chi connectivity index (χ0v) is 10.7. The number of nitrogen functional groups attached to an aromatic ring is 1. The number of carbonyl (C=O) groups excluding carboxylic acids is 1. The van der Waals surface area contributed by atoms with Crippen LogP contribution in [0.4, 0.5) is 11.5 Å². The van der Waals surface area contributed by atoms with Crippen LogP contribution in [0.15, 0.2) is 24.3 Å². The summed E-state index contributed by atoms with van der Waals surface area (Å²) in [6.45, 7) is 1.82. The largest absolute Gasteiger partial charge is 0.394 e. The number of amides is 1. The molecule has 0 aliphatic heterocycles. The molecule has 19 heavy (non-hydrogen) atoms. The number of rotatable bonds is 2. The van der Waals surface area contributed by atoms with Crippen LogP contribution in [0.1, 0.15) is 16.8 Å². The van der Waals surface area contributed by atoms with Crippen LogP contribution >= 0.6 is 0 Å². The van der Waals surface area contributed by atoms with Gasteiger partial charge in [0.1, 0.15) is 0 Å². The van der Waals surface area contributed by atoms with Crippen molar-refractivity contribution >= 4 is 17.4 Å². The van der Waals surface area contributed by atoms with E-state index in [1.54, 1.807) is 0 Å². The molecular formula is C14H16N4O. The van der Waals surface area contributed by atoms with Gasteiger partial charge in [-0.15, -0.1) is 0 Å². The molecule has 0 fully saturated rings. The van der Waals surface area contributed by atoms with Gasteiger partial charge in [-0.05, 0) is 30.9 Å². The first kappa shape index (κ1) is 11.8. The van der Waals surface area contributed by atoms with E-state index in [1.165, 1.54) is 11.1 Å². The Labute approximate surface area is 111 Å². The summed E-state index contributed by atoms with van der Waals surface area (Å²) in [6, 6.07) is 8.17. The highest BCUT2D eigenvalue weighted by Gasteiger charge is 2.27. The lowest BCUT2D eigenvalue weighted by molar-refractivity contribution is -0.119. The van der Waals surface area contributed by atoms with Crippen molar-refractivity contribution in [2.75, 3.05) is 11.1 Å². The van der Waals surface area contributed by atoms with Crippen molar-refractivity contribution in [2.45, 2.75) is 19.8 Å². The lowest BCUT2D eigenvalue weighted by Crippen LogP contribution is -2.23. The third kappa shape index (κ3) is 2.07. The van der Waals surface area contributed by atoms with Crippen molar-refractivity contribution in [1.82, 2.24) is 10.2 Å². The van der Waals surface area contributed by atoms with E-state index in [9.17, 15) is 4.79 Å². The first-order valence-electron chi connectivity index (χ1n) is 6.33. The standard InChI is InChI=1S/C14H16N4O/c1-8-12(15)13(18-17-8)16-14(19)11-6-9-4-2-3-5-10(9)7-11/h2-5,11H,6-7,15H2,1H3,(H2,16,17,18,19). The number of carbonyl (C=O) groups is 1. The van der Waals surface area contributed by atoms with Crippen LogP contribution < -0.4 is 11.1 Å². The van der Waals surface area contributed by atoms with Crippen molar-refractivity contribution in [3.05, 3.63) is 41.1 Å². The summed E-state index contributed by atoms with van der Waals surface area (Å²) in [7, 11) is 0. The highest BCUT2D eigenvalue weighted by molar-refractivity contribution is 5.95. The molecular weight excluding hydrogens is 240 g/mol. The fourth-order valence-corrected chi connectivity index (χ4v) is 2.50. The molecule has 5 nitrogen and oxygen atoms in total. The van der Waals surface area contributed by atoms with Crippen LogP contribution in [0.5, 0.6) is 0 Å². The lowest BCUT2D eigenvalue weighted by Gasteiger charge is -2.08. The normalized spacial score (nSPS) is 14.4. The van der Waals surface area contributed by atoms with Gasteiger partial charge in [0.15, 0.2) is 5.82 Å². The highest BCUT2D eigenvalue weighted by atomic mass is 16.2. The number of aromatic nitrogens is 2. The Bertz CT molecular complexity index is 607. The molecule has 5 heteroatoms. The minimum absolute atomic E-state index is 0.0191. The molecule has 3 rings (SSSR count). The van der Waals surface area contributed by atoms with Crippen molar-refractivity contribution in [3.8, 4) is 0 Å². The number of aryl methyl sites for hydroxylation is 1. The maximum Gasteiger partial charge on any atom is 0.229 e. The van der Waals surface area contributed by atoms with Crippen LogP contribution in [0.25, 0.3) is 0 Å². The topological polar surface area (TPSA) is 83.8 Å². The number of nitrogens with one attached hydrogen (secondary N) is 2. The zero-order chi connectivity index (χ0) is 13.4. The number of nitrogens with two attached hydrogens (primary N) is 1. The Morgan fingerprint density at radius 2 is 2.00 bits per heavy atom. The molecule has 0 saturated carbocycles. The molecule has 0 saturated heterocycles. The molecule has 4 N–H and O–H groups in total.